The van der Waals surface area contributed by atoms with Crippen LogP contribution in [-0.2, 0) is 0 Å². The Bertz CT molecular complexity index is 342. The largest absolute Gasteiger partial charge is 0.397 e. The molecule has 1 aromatic carbocycles. The molecule has 5 N–H and O–H groups in total. The van der Waals surface area contributed by atoms with E-state index in [4.69, 9.17) is 10.8 Å². The Kier molecular flexibility index (Phi) is 3.96. The van der Waals surface area contributed by atoms with E-state index in [1.807, 2.05) is 12.1 Å². The highest BCUT2D eigenvalue weighted by molar-refractivity contribution is 9.10. The lowest BCUT2D eigenvalue weighted by Gasteiger charge is -2.22. The number of anilines is 2. The van der Waals surface area contributed by atoms with Crippen LogP contribution in [0.1, 0.15) is 6.92 Å². The maximum absolute atomic E-state index is 9.58. The Balaban J connectivity index is 2.69. The van der Waals surface area contributed by atoms with E-state index in [9.17, 15) is 5.11 Å². The maximum atomic E-state index is 9.58. The van der Waals surface area contributed by atoms with E-state index in [1.165, 1.54) is 0 Å². The summed E-state index contributed by atoms with van der Waals surface area (Å²) in [5.41, 5.74) is 5.93. The van der Waals surface area contributed by atoms with Crippen LogP contribution in [0.5, 0.6) is 0 Å². The second-order valence-corrected chi connectivity index (χ2v) is 4.66. The molecule has 1 atom stereocenters. The molecule has 0 aliphatic carbocycles. The summed E-state index contributed by atoms with van der Waals surface area (Å²) in [6.07, 6.45) is 0. The molecule has 0 amide bonds. The number of nitrogen functional groups attached to an aromatic ring is 1. The predicted molar refractivity (Wildman–Crippen MR) is 64.8 cm³/mol. The van der Waals surface area contributed by atoms with Gasteiger partial charge in [0.15, 0.2) is 0 Å². The third kappa shape index (κ3) is 3.70. The molecule has 4 nitrogen and oxygen atoms in total. The van der Waals surface area contributed by atoms with Gasteiger partial charge in [-0.05, 0) is 25.1 Å². The zero-order chi connectivity index (χ0) is 11.5. The van der Waals surface area contributed by atoms with Crippen LogP contribution in [0.3, 0.4) is 0 Å². The van der Waals surface area contributed by atoms with Crippen LogP contribution < -0.4 is 11.1 Å². The monoisotopic (exact) mass is 274 g/mol. The van der Waals surface area contributed by atoms with Crippen LogP contribution in [0, 0.1) is 0 Å². The van der Waals surface area contributed by atoms with Crippen molar-refractivity contribution in [3.63, 3.8) is 0 Å². The molecule has 0 radical (unpaired) electrons. The average Bonchev–Trinajstić information content (AvgIpc) is 2.20. The van der Waals surface area contributed by atoms with Gasteiger partial charge in [-0.1, -0.05) is 15.9 Å². The topological polar surface area (TPSA) is 78.5 Å². The van der Waals surface area contributed by atoms with Crippen LogP contribution in [0.25, 0.3) is 0 Å². The molecule has 0 aromatic heterocycles. The first-order valence-electron chi connectivity index (χ1n) is 4.57. The van der Waals surface area contributed by atoms with Crippen LogP contribution in [0.4, 0.5) is 11.4 Å². The van der Waals surface area contributed by atoms with Gasteiger partial charge in [0.1, 0.15) is 5.60 Å². The third-order valence-electron chi connectivity index (χ3n) is 2.02. The highest BCUT2D eigenvalue weighted by Crippen LogP contribution is 2.23. The number of benzene rings is 1. The second-order valence-electron chi connectivity index (χ2n) is 3.74. The summed E-state index contributed by atoms with van der Waals surface area (Å²) < 4.78 is 0.905. The highest BCUT2D eigenvalue weighted by atomic mass is 79.9. The average molecular weight is 275 g/mol. The summed E-state index contributed by atoms with van der Waals surface area (Å²) in [7, 11) is 0. The summed E-state index contributed by atoms with van der Waals surface area (Å²) in [4.78, 5) is 0. The van der Waals surface area contributed by atoms with E-state index in [0.29, 0.717) is 5.69 Å². The lowest BCUT2D eigenvalue weighted by molar-refractivity contribution is 0.0132. The Labute approximate surface area is 97.2 Å². The normalized spacial score (nSPS) is 14.7. The van der Waals surface area contributed by atoms with Crippen molar-refractivity contribution in [2.75, 3.05) is 24.2 Å². The number of rotatable bonds is 4. The number of aliphatic hydroxyl groups is 2. The first kappa shape index (κ1) is 12.3. The van der Waals surface area contributed by atoms with E-state index < -0.39 is 5.60 Å². The lowest BCUT2D eigenvalue weighted by Crippen LogP contribution is -2.37. The van der Waals surface area contributed by atoms with Gasteiger partial charge in [0.2, 0.25) is 0 Å². The molecule has 0 bridgehead atoms. The molecule has 0 aliphatic rings. The fourth-order valence-corrected chi connectivity index (χ4v) is 1.38. The Morgan fingerprint density at radius 1 is 1.53 bits per heavy atom. The summed E-state index contributed by atoms with van der Waals surface area (Å²) in [5, 5.41) is 21.4. The van der Waals surface area contributed by atoms with Gasteiger partial charge in [-0.25, -0.2) is 0 Å². The van der Waals surface area contributed by atoms with Crippen molar-refractivity contribution < 1.29 is 10.2 Å². The summed E-state index contributed by atoms with van der Waals surface area (Å²) in [6, 6.07) is 5.42. The summed E-state index contributed by atoms with van der Waals surface area (Å²) in [5.74, 6) is 0. The molecule has 1 unspecified atom stereocenters. The molecule has 15 heavy (non-hydrogen) atoms. The molecular weight excluding hydrogens is 260 g/mol. The Hall–Kier alpha value is -0.780. The second kappa shape index (κ2) is 4.83. The van der Waals surface area contributed by atoms with Crippen molar-refractivity contribution >= 4 is 27.3 Å². The molecule has 1 rings (SSSR count). The van der Waals surface area contributed by atoms with Crippen LogP contribution in [0.15, 0.2) is 22.7 Å². The minimum atomic E-state index is -1.14. The Morgan fingerprint density at radius 2 is 2.20 bits per heavy atom. The van der Waals surface area contributed by atoms with Gasteiger partial charge in [-0.3, -0.25) is 0 Å². The number of hydrogen-bond acceptors (Lipinski definition) is 4. The van der Waals surface area contributed by atoms with Gasteiger partial charge in [0, 0.05) is 11.0 Å². The minimum Gasteiger partial charge on any atom is -0.397 e. The van der Waals surface area contributed by atoms with E-state index >= 15 is 0 Å². The fraction of sp³-hybridized carbons (Fsp3) is 0.400. The van der Waals surface area contributed by atoms with E-state index in [-0.39, 0.29) is 13.2 Å². The van der Waals surface area contributed by atoms with Crippen molar-refractivity contribution in [2.45, 2.75) is 12.5 Å². The maximum Gasteiger partial charge on any atom is 0.102 e. The summed E-state index contributed by atoms with van der Waals surface area (Å²) >= 11 is 3.33. The number of aliphatic hydroxyl groups excluding tert-OH is 1. The molecule has 0 aliphatic heterocycles. The smallest absolute Gasteiger partial charge is 0.102 e. The van der Waals surface area contributed by atoms with Crippen molar-refractivity contribution in [1.29, 1.82) is 0 Å². The Morgan fingerprint density at radius 3 is 2.80 bits per heavy atom. The number of nitrogens with one attached hydrogen (secondary N) is 1. The summed E-state index contributed by atoms with van der Waals surface area (Å²) in [6.45, 7) is 1.49. The van der Waals surface area contributed by atoms with Gasteiger partial charge >= 0.3 is 0 Å². The van der Waals surface area contributed by atoms with Gasteiger partial charge < -0.3 is 21.3 Å². The molecule has 0 saturated carbocycles. The molecule has 0 saturated heterocycles. The SMILES string of the molecule is CC(O)(CO)CNc1cc(Br)ccc1N. The van der Waals surface area contributed by atoms with Crippen molar-refractivity contribution in [2.24, 2.45) is 0 Å². The first-order valence-corrected chi connectivity index (χ1v) is 5.36. The molecule has 5 heteroatoms. The minimum absolute atomic E-state index is 0.240. The lowest BCUT2D eigenvalue weighted by atomic mass is 10.1. The van der Waals surface area contributed by atoms with Gasteiger partial charge in [-0.15, -0.1) is 0 Å². The zero-order valence-electron chi connectivity index (χ0n) is 8.50. The van der Waals surface area contributed by atoms with Crippen molar-refractivity contribution in [3.8, 4) is 0 Å². The molecule has 1 aromatic rings. The number of halogens is 1. The highest BCUT2D eigenvalue weighted by Gasteiger charge is 2.18. The van der Waals surface area contributed by atoms with E-state index in [1.54, 1.807) is 13.0 Å². The molecule has 0 spiro atoms. The van der Waals surface area contributed by atoms with Crippen molar-refractivity contribution in [3.05, 3.63) is 22.7 Å². The number of hydrogen-bond donors (Lipinski definition) is 4. The molecule has 84 valence electrons. The molecule has 0 fully saturated rings. The predicted octanol–water partition coefficient (Wildman–Crippen LogP) is 1.19. The van der Waals surface area contributed by atoms with E-state index in [0.717, 1.165) is 10.2 Å². The fourth-order valence-electron chi connectivity index (χ4n) is 1.02. The van der Waals surface area contributed by atoms with Crippen LogP contribution in [0.2, 0.25) is 0 Å². The zero-order valence-corrected chi connectivity index (χ0v) is 10.1. The van der Waals surface area contributed by atoms with E-state index in [2.05, 4.69) is 21.2 Å². The molecular formula is C10H15BrN2O2. The van der Waals surface area contributed by atoms with Gasteiger partial charge in [0.25, 0.3) is 0 Å². The first-order chi connectivity index (χ1) is 6.94. The van der Waals surface area contributed by atoms with Gasteiger partial charge in [-0.2, -0.15) is 0 Å². The van der Waals surface area contributed by atoms with Gasteiger partial charge in [0.05, 0.1) is 18.0 Å². The standard InChI is InChI=1S/C10H15BrN2O2/c1-10(15,6-14)5-13-9-4-7(11)2-3-8(9)12/h2-4,13-15H,5-6,12H2,1H3. The van der Waals surface area contributed by atoms with Crippen molar-refractivity contribution in [1.82, 2.24) is 0 Å². The number of nitrogens with two attached hydrogens (primary N) is 1. The van der Waals surface area contributed by atoms with Crippen LogP contribution >= 0.6 is 15.9 Å². The third-order valence-corrected chi connectivity index (χ3v) is 2.51. The quantitative estimate of drug-likeness (QED) is 0.622. The van der Waals surface area contributed by atoms with Crippen LogP contribution in [-0.4, -0.2) is 29.0 Å². The molecule has 0 heterocycles.